The van der Waals surface area contributed by atoms with Gasteiger partial charge < -0.3 is 15.8 Å². The Balaban J connectivity index is 1.37. The van der Waals surface area contributed by atoms with Crippen molar-refractivity contribution in [3.63, 3.8) is 0 Å². The number of hydrogen-bond donors (Lipinski definition) is 2. The summed E-state index contributed by atoms with van der Waals surface area (Å²) in [6.45, 7) is 0. The first-order valence-electron chi connectivity index (χ1n) is 8.94. The highest BCUT2D eigenvalue weighted by Crippen LogP contribution is 2.30. The number of nitrogens with zero attached hydrogens (tertiary/aromatic N) is 4. The fourth-order valence-corrected chi connectivity index (χ4v) is 3.34. The van der Waals surface area contributed by atoms with E-state index < -0.39 is 0 Å². The third-order valence-corrected chi connectivity index (χ3v) is 4.67. The van der Waals surface area contributed by atoms with Crippen molar-refractivity contribution >= 4 is 22.6 Å². The maximum absolute atomic E-state index is 12.2. The number of ether oxygens (including phenoxy) is 1. The van der Waals surface area contributed by atoms with Gasteiger partial charge in [0.05, 0.1) is 11.6 Å². The number of aromatic nitrogens is 4. The van der Waals surface area contributed by atoms with Gasteiger partial charge in [-0.3, -0.25) is 9.78 Å². The third kappa shape index (κ3) is 3.94. The summed E-state index contributed by atoms with van der Waals surface area (Å²) >= 11 is 0. The zero-order valence-corrected chi connectivity index (χ0v) is 14.7. The molecule has 27 heavy (non-hydrogen) atoms. The molecule has 1 fully saturated rings. The van der Waals surface area contributed by atoms with Crippen molar-refractivity contribution in [3.8, 4) is 5.75 Å². The van der Waals surface area contributed by atoms with Crippen LogP contribution >= 0.6 is 0 Å². The van der Waals surface area contributed by atoms with Crippen LogP contribution in [-0.2, 0) is 0 Å². The van der Waals surface area contributed by atoms with E-state index >= 15 is 0 Å². The summed E-state index contributed by atoms with van der Waals surface area (Å²) in [5.74, 6) is 0.467. The van der Waals surface area contributed by atoms with Gasteiger partial charge in [0, 0.05) is 36.4 Å². The lowest BCUT2D eigenvalue weighted by molar-refractivity contribution is 0.0889. The summed E-state index contributed by atoms with van der Waals surface area (Å²) < 4.78 is 6.17. The Morgan fingerprint density at radius 2 is 1.93 bits per heavy atom. The lowest BCUT2D eigenvalue weighted by Crippen LogP contribution is -2.40. The predicted molar refractivity (Wildman–Crippen MR) is 100 cm³/mol. The van der Waals surface area contributed by atoms with E-state index in [1.807, 2.05) is 0 Å². The second kappa shape index (κ2) is 7.53. The van der Waals surface area contributed by atoms with E-state index in [2.05, 4.69) is 25.5 Å². The number of anilines is 1. The maximum atomic E-state index is 12.2. The van der Waals surface area contributed by atoms with E-state index in [-0.39, 0.29) is 18.1 Å². The van der Waals surface area contributed by atoms with Crippen LogP contribution in [0.5, 0.6) is 5.75 Å². The molecule has 0 aliphatic heterocycles. The van der Waals surface area contributed by atoms with Gasteiger partial charge >= 0.3 is 0 Å². The first kappa shape index (κ1) is 17.1. The van der Waals surface area contributed by atoms with Crippen molar-refractivity contribution < 1.29 is 9.53 Å². The molecule has 0 atom stereocenters. The number of fused-ring (bicyclic) bond motifs is 1. The summed E-state index contributed by atoms with van der Waals surface area (Å²) in [5.41, 5.74) is 8.32. The molecule has 0 spiro atoms. The standard InChI is InChI=1S/C19H20N6O2/c20-12-10-16-18(22-9-8-21-16)17(11-12)27-14-5-3-13(4-6-14)24-19(26)15-2-1-7-23-25-15/h1-2,7-11,13-14H,3-6,20H2,(H,24,26). The van der Waals surface area contributed by atoms with Gasteiger partial charge in [0.15, 0.2) is 5.69 Å². The van der Waals surface area contributed by atoms with Gasteiger partial charge in [-0.15, -0.1) is 5.10 Å². The molecule has 0 saturated heterocycles. The molecule has 1 aliphatic carbocycles. The summed E-state index contributed by atoms with van der Waals surface area (Å²) in [6, 6.07) is 7.04. The molecule has 138 valence electrons. The molecular weight excluding hydrogens is 344 g/mol. The molecule has 2 aromatic heterocycles. The minimum atomic E-state index is -0.190. The summed E-state index contributed by atoms with van der Waals surface area (Å²) in [5, 5.41) is 10.6. The molecule has 0 unspecified atom stereocenters. The van der Waals surface area contributed by atoms with E-state index in [0.29, 0.717) is 22.6 Å². The molecule has 2 heterocycles. The number of carbonyl (C=O) groups excluding carboxylic acids is 1. The molecule has 1 aromatic carbocycles. The molecule has 4 rings (SSSR count). The van der Waals surface area contributed by atoms with Crippen molar-refractivity contribution in [2.75, 3.05) is 5.73 Å². The monoisotopic (exact) mass is 364 g/mol. The van der Waals surface area contributed by atoms with E-state index in [4.69, 9.17) is 10.5 Å². The molecule has 8 heteroatoms. The summed E-state index contributed by atoms with van der Waals surface area (Å²) in [4.78, 5) is 20.8. The number of amides is 1. The first-order valence-corrected chi connectivity index (χ1v) is 8.94. The number of nitrogens with one attached hydrogen (secondary N) is 1. The van der Waals surface area contributed by atoms with Gasteiger partial charge in [-0.05, 0) is 43.9 Å². The van der Waals surface area contributed by atoms with Crippen LogP contribution in [-0.4, -0.2) is 38.2 Å². The lowest BCUT2D eigenvalue weighted by Gasteiger charge is -2.29. The second-order valence-electron chi connectivity index (χ2n) is 6.62. The van der Waals surface area contributed by atoms with Crippen LogP contribution in [0.25, 0.3) is 11.0 Å². The Morgan fingerprint density at radius 3 is 2.70 bits per heavy atom. The molecule has 3 aromatic rings. The predicted octanol–water partition coefficient (Wildman–Crippen LogP) is 2.12. The Kier molecular flexibility index (Phi) is 4.78. The van der Waals surface area contributed by atoms with E-state index in [0.717, 1.165) is 31.2 Å². The SMILES string of the molecule is Nc1cc(OC2CCC(NC(=O)c3cccnn3)CC2)c2nccnc2c1. The maximum Gasteiger partial charge on any atom is 0.272 e. The number of benzene rings is 1. The van der Waals surface area contributed by atoms with Crippen LogP contribution in [0.3, 0.4) is 0 Å². The highest BCUT2D eigenvalue weighted by Gasteiger charge is 2.25. The van der Waals surface area contributed by atoms with Gasteiger partial charge in [-0.2, -0.15) is 5.10 Å². The lowest BCUT2D eigenvalue weighted by atomic mass is 9.92. The van der Waals surface area contributed by atoms with Crippen molar-refractivity contribution in [1.82, 2.24) is 25.5 Å². The Bertz CT molecular complexity index is 941. The number of rotatable bonds is 4. The smallest absolute Gasteiger partial charge is 0.272 e. The molecule has 3 N–H and O–H groups in total. The zero-order chi connectivity index (χ0) is 18.6. The molecule has 1 amide bonds. The molecule has 0 bridgehead atoms. The number of carbonyl (C=O) groups is 1. The Labute approximate surface area is 156 Å². The minimum Gasteiger partial charge on any atom is -0.488 e. The molecule has 1 aliphatic rings. The van der Waals surface area contributed by atoms with Crippen LogP contribution in [0.15, 0.2) is 42.9 Å². The number of nitrogens with two attached hydrogens (primary N) is 1. The van der Waals surface area contributed by atoms with Gasteiger partial charge in [0.2, 0.25) is 0 Å². The van der Waals surface area contributed by atoms with E-state index in [1.165, 1.54) is 0 Å². The molecule has 8 nitrogen and oxygen atoms in total. The fourth-order valence-electron chi connectivity index (χ4n) is 3.34. The normalized spacial score (nSPS) is 19.6. The number of hydrogen-bond acceptors (Lipinski definition) is 7. The average molecular weight is 364 g/mol. The first-order chi connectivity index (χ1) is 13.2. The summed E-state index contributed by atoms with van der Waals surface area (Å²) in [6.07, 6.45) is 8.22. The highest BCUT2D eigenvalue weighted by atomic mass is 16.5. The second-order valence-corrected chi connectivity index (χ2v) is 6.62. The van der Waals surface area contributed by atoms with Crippen LogP contribution in [0.2, 0.25) is 0 Å². The van der Waals surface area contributed by atoms with Crippen LogP contribution in [0.1, 0.15) is 36.2 Å². The topological polar surface area (TPSA) is 116 Å². The summed E-state index contributed by atoms with van der Waals surface area (Å²) in [7, 11) is 0. The van der Waals surface area contributed by atoms with Crippen LogP contribution in [0, 0.1) is 0 Å². The number of nitrogen functional groups attached to an aromatic ring is 1. The Morgan fingerprint density at radius 1 is 1.11 bits per heavy atom. The molecule has 1 saturated carbocycles. The van der Waals surface area contributed by atoms with Crippen molar-refractivity contribution in [1.29, 1.82) is 0 Å². The molecule has 0 radical (unpaired) electrons. The third-order valence-electron chi connectivity index (χ3n) is 4.67. The Hall–Kier alpha value is -3.29. The average Bonchev–Trinajstić information content (AvgIpc) is 2.70. The highest BCUT2D eigenvalue weighted by molar-refractivity contribution is 5.92. The zero-order valence-electron chi connectivity index (χ0n) is 14.7. The quantitative estimate of drug-likeness (QED) is 0.681. The van der Waals surface area contributed by atoms with Gasteiger partial charge in [-0.25, -0.2) is 4.98 Å². The minimum absolute atomic E-state index is 0.0571. The van der Waals surface area contributed by atoms with Gasteiger partial charge in [-0.1, -0.05) is 0 Å². The molecular formula is C19H20N6O2. The largest absolute Gasteiger partial charge is 0.488 e. The van der Waals surface area contributed by atoms with E-state index in [1.54, 1.807) is 42.9 Å². The van der Waals surface area contributed by atoms with Gasteiger partial charge in [0.25, 0.3) is 5.91 Å². The van der Waals surface area contributed by atoms with E-state index in [9.17, 15) is 4.79 Å². The van der Waals surface area contributed by atoms with Crippen molar-refractivity contribution in [3.05, 3.63) is 48.5 Å². The van der Waals surface area contributed by atoms with Crippen LogP contribution < -0.4 is 15.8 Å². The fraction of sp³-hybridized carbons (Fsp3) is 0.316. The van der Waals surface area contributed by atoms with Crippen LogP contribution in [0.4, 0.5) is 5.69 Å². The van der Waals surface area contributed by atoms with Crippen molar-refractivity contribution in [2.45, 2.75) is 37.8 Å². The van der Waals surface area contributed by atoms with Gasteiger partial charge in [0.1, 0.15) is 11.3 Å². The van der Waals surface area contributed by atoms with Crippen molar-refractivity contribution in [2.24, 2.45) is 0 Å².